The van der Waals surface area contributed by atoms with Crippen molar-refractivity contribution in [3.63, 3.8) is 0 Å². The lowest BCUT2D eigenvalue weighted by Gasteiger charge is -2.33. The van der Waals surface area contributed by atoms with E-state index in [2.05, 4.69) is 51.3 Å². The van der Waals surface area contributed by atoms with Gasteiger partial charge in [-0.25, -0.2) is 0 Å². The first-order chi connectivity index (χ1) is 14.1. The summed E-state index contributed by atoms with van der Waals surface area (Å²) in [4.78, 5) is 13.8. The van der Waals surface area contributed by atoms with Crippen molar-refractivity contribution in [2.45, 2.75) is 59.8 Å². The van der Waals surface area contributed by atoms with E-state index in [0.29, 0.717) is 23.0 Å². The lowest BCUT2D eigenvalue weighted by atomic mass is 9.72. The number of fused-ring (bicyclic) bond motifs is 1. The van der Waals surface area contributed by atoms with Crippen LogP contribution in [-0.2, 0) is 12.8 Å². The van der Waals surface area contributed by atoms with Crippen molar-refractivity contribution in [1.29, 1.82) is 5.26 Å². The molecular formula is C24H29N3OS2. The molecule has 30 heavy (non-hydrogen) atoms. The first-order valence-corrected chi connectivity index (χ1v) is 11.6. The standard InChI is InChI=1S/C24H29N3OS2/c1-14(2)15-6-8-16(9-7-15)21(28)26-23(29)27-22-19(13-25)18-11-10-17(24(3,4)5)12-20(18)30-22/h6-9,14,17H,10-12H2,1-5H3,(H2,26,27,28,29)/t17-/m0/s1. The van der Waals surface area contributed by atoms with Crippen LogP contribution in [0.2, 0.25) is 0 Å². The van der Waals surface area contributed by atoms with Gasteiger partial charge < -0.3 is 5.32 Å². The number of benzene rings is 1. The molecule has 2 N–H and O–H groups in total. The van der Waals surface area contributed by atoms with Gasteiger partial charge in [-0.05, 0) is 72.0 Å². The first kappa shape index (κ1) is 22.5. The van der Waals surface area contributed by atoms with Crippen LogP contribution < -0.4 is 10.6 Å². The number of thiocarbonyl (C=S) groups is 1. The Morgan fingerprint density at radius 3 is 2.50 bits per heavy atom. The molecule has 1 aromatic heterocycles. The molecule has 1 aliphatic carbocycles. The Hall–Kier alpha value is -2.23. The number of amides is 1. The Morgan fingerprint density at radius 2 is 1.93 bits per heavy atom. The number of nitrogens with zero attached hydrogens (tertiary/aromatic N) is 1. The summed E-state index contributed by atoms with van der Waals surface area (Å²) in [6.07, 6.45) is 3.00. The predicted molar refractivity (Wildman–Crippen MR) is 128 cm³/mol. The smallest absolute Gasteiger partial charge is 0.257 e. The molecule has 1 aromatic carbocycles. The van der Waals surface area contributed by atoms with Crippen molar-refractivity contribution in [2.75, 3.05) is 5.32 Å². The molecule has 0 radical (unpaired) electrons. The second kappa shape index (κ2) is 8.87. The van der Waals surface area contributed by atoms with Crippen LogP contribution in [0.25, 0.3) is 0 Å². The van der Waals surface area contributed by atoms with Gasteiger partial charge in [0.15, 0.2) is 5.11 Å². The Labute approximate surface area is 188 Å². The largest absolute Gasteiger partial charge is 0.323 e. The van der Waals surface area contributed by atoms with Crippen LogP contribution in [0.15, 0.2) is 24.3 Å². The third kappa shape index (κ3) is 4.91. The Bertz CT molecular complexity index is 991. The normalized spacial score (nSPS) is 16.0. The number of carbonyl (C=O) groups is 1. The third-order valence-electron chi connectivity index (χ3n) is 5.90. The summed E-state index contributed by atoms with van der Waals surface area (Å²) in [5, 5.41) is 16.5. The molecule has 0 unspecified atom stereocenters. The third-order valence-corrected chi connectivity index (χ3v) is 7.27. The number of hydrogen-bond acceptors (Lipinski definition) is 4. The second-order valence-electron chi connectivity index (χ2n) is 9.31. The quantitative estimate of drug-likeness (QED) is 0.574. The molecule has 1 aliphatic rings. The molecule has 1 heterocycles. The maximum absolute atomic E-state index is 12.5. The zero-order valence-corrected chi connectivity index (χ0v) is 19.9. The first-order valence-electron chi connectivity index (χ1n) is 10.4. The molecule has 1 amide bonds. The zero-order chi connectivity index (χ0) is 22.1. The van der Waals surface area contributed by atoms with Crippen LogP contribution in [-0.4, -0.2) is 11.0 Å². The van der Waals surface area contributed by atoms with Gasteiger partial charge in [-0.3, -0.25) is 10.1 Å². The van der Waals surface area contributed by atoms with Gasteiger partial charge in [-0.15, -0.1) is 11.3 Å². The maximum Gasteiger partial charge on any atom is 0.257 e. The highest BCUT2D eigenvalue weighted by Crippen LogP contribution is 2.43. The summed E-state index contributed by atoms with van der Waals surface area (Å²) < 4.78 is 0. The highest BCUT2D eigenvalue weighted by atomic mass is 32.1. The number of nitrogens with one attached hydrogen (secondary N) is 2. The van der Waals surface area contributed by atoms with Crippen LogP contribution in [0.4, 0.5) is 5.00 Å². The van der Waals surface area contributed by atoms with E-state index in [1.165, 1.54) is 10.4 Å². The van der Waals surface area contributed by atoms with Crippen molar-refractivity contribution >= 4 is 39.6 Å². The zero-order valence-electron chi connectivity index (χ0n) is 18.3. The SMILES string of the molecule is CC(C)c1ccc(C(=O)NC(=S)Nc2sc3c(c2C#N)CC[C@H](C(C)(C)C)C3)cc1. The van der Waals surface area contributed by atoms with Gasteiger partial charge in [0.2, 0.25) is 0 Å². The molecule has 158 valence electrons. The summed E-state index contributed by atoms with van der Waals surface area (Å²) >= 11 is 6.95. The van der Waals surface area contributed by atoms with Crippen molar-refractivity contribution in [3.05, 3.63) is 51.4 Å². The lowest BCUT2D eigenvalue weighted by Crippen LogP contribution is -2.34. The van der Waals surface area contributed by atoms with Gasteiger partial charge in [0.1, 0.15) is 11.1 Å². The van der Waals surface area contributed by atoms with Crippen molar-refractivity contribution in [2.24, 2.45) is 11.3 Å². The van der Waals surface area contributed by atoms with E-state index in [9.17, 15) is 10.1 Å². The van der Waals surface area contributed by atoms with Crippen LogP contribution in [0.1, 0.15) is 78.9 Å². The van der Waals surface area contributed by atoms with E-state index in [1.54, 1.807) is 11.3 Å². The minimum absolute atomic E-state index is 0.218. The topological polar surface area (TPSA) is 64.9 Å². The summed E-state index contributed by atoms with van der Waals surface area (Å²) in [5.41, 5.74) is 3.80. The summed E-state index contributed by atoms with van der Waals surface area (Å²) in [6, 6.07) is 9.88. The fourth-order valence-corrected chi connectivity index (χ4v) is 5.40. The average Bonchev–Trinajstić information content (AvgIpc) is 3.03. The van der Waals surface area contributed by atoms with Crippen LogP contribution in [0, 0.1) is 22.7 Å². The number of anilines is 1. The van der Waals surface area contributed by atoms with Crippen LogP contribution in [0.5, 0.6) is 0 Å². The van der Waals surface area contributed by atoms with E-state index in [4.69, 9.17) is 12.2 Å². The fraction of sp³-hybridized carbons (Fsp3) is 0.458. The average molecular weight is 440 g/mol. The highest BCUT2D eigenvalue weighted by molar-refractivity contribution is 7.80. The second-order valence-corrected chi connectivity index (χ2v) is 10.8. The monoisotopic (exact) mass is 439 g/mol. The molecule has 0 fully saturated rings. The van der Waals surface area contributed by atoms with Gasteiger partial charge in [0.25, 0.3) is 5.91 Å². The minimum atomic E-state index is -0.254. The summed E-state index contributed by atoms with van der Waals surface area (Å²) in [7, 11) is 0. The van der Waals surface area contributed by atoms with E-state index in [1.807, 2.05) is 24.3 Å². The maximum atomic E-state index is 12.5. The molecular weight excluding hydrogens is 410 g/mol. The number of rotatable bonds is 3. The van der Waals surface area contributed by atoms with Crippen molar-refractivity contribution in [1.82, 2.24) is 5.32 Å². The van der Waals surface area contributed by atoms with Gasteiger partial charge >= 0.3 is 0 Å². The molecule has 2 aromatic rings. The lowest BCUT2D eigenvalue weighted by molar-refractivity contribution is 0.0977. The van der Waals surface area contributed by atoms with Gasteiger partial charge in [0.05, 0.1) is 5.56 Å². The van der Waals surface area contributed by atoms with E-state index >= 15 is 0 Å². The van der Waals surface area contributed by atoms with Crippen molar-refractivity contribution < 1.29 is 4.79 Å². The molecule has 0 bridgehead atoms. The predicted octanol–water partition coefficient (Wildman–Crippen LogP) is 6.02. The number of nitriles is 1. The highest BCUT2D eigenvalue weighted by Gasteiger charge is 2.32. The van der Waals surface area contributed by atoms with Gasteiger partial charge in [-0.1, -0.05) is 46.8 Å². The Balaban J connectivity index is 1.70. The summed E-state index contributed by atoms with van der Waals surface area (Å²) in [5.74, 6) is 0.760. The molecule has 0 saturated heterocycles. The molecule has 0 saturated carbocycles. The molecule has 3 rings (SSSR count). The molecule has 4 nitrogen and oxygen atoms in total. The molecule has 0 spiro atoms. The Kier molecular flexibility index (Phi) is 6.64. The fourth-order valence-electron chi connectivity index (χ4n) is 3.86. The number of hydrogen-bond donors (Lipinski definition) is 2. The van der Waals surface area contributed by atoms with Gasteiger partial charge in [-0.2, -0.15) is 5.26 Å². The number of thiophene rings is 1. The Morgan fingerprint density at radius 1 is 1.27 bits per heavy atom. The molecule has 6 heteroatoms. The van der Waals surface area contributed by atoms with Crippen molar-refractivity contribution in [3.8, 4) is 6.07 Å². The van der Waals surface area contributed by atoms with Crippen LogP contribution >= 0.6 is 23.6 Å². The minimum Gasteiger partial charge on any atom is -0.323 e. The number of carbonyl (C=O) groups excluding carboxylic acids is 1. The molecule has 0 aliphatic heterocycles. The molecule has 1 atom stereocenters. The van der Waals surface area contributed by atoms with E-state index in [-0.39, 0.29) is 16.4 Å². The van der Waals surface area contributed by atoms with E-state index < -0.39 is 0 Å². The summed E-state index contributed by atoms with van der Waals surface area (Å²) in [6.45, 7) is 11.1. The van der Waals surface area contributed by atoms with Gasteiger partial charge in [0, 0.05) is 10.4 Å². The van der Waals surface area contributed by atoms with Crippen LogP contribution in [0.3, 0.4) is 0 Å². The van der Waals surface area contributed by atoms with E-state index in [0.717, 1.165) is 29.8 Å².